The third kappa shape index (κ3) is 10.6. The minimum absolute atomic E-state index is 0.0542. The Bertz CT molecular complexity index is 1900. The second kappa shape index (κ2) is 17.7. The fourth-order valence-corrected chi connectivity index (χ4v) is 4.91. The average molecular weight is 700 g/mol. The zero-order chi connectivity index (χ0) is 36.2. The van der Waals surface area contributed by atoms with Gasteiger partial charge in [0.2, 0.25) is 11.9 Å². The molecule has 18 heteroatoms. The SMILES string of the molecule is Cc1cc(Nc2nc(Nc3ccc(N=Nc4cc(COO)cc(COO)c4)c(C)c3)[nH]c(=O)n2)ccc1N=Nc1cc(COO)cc(COO)c1. The summed E-state index contributed by atoms with van der Waals surface area (Å²) in [6, 6.07) is 20.6. The number of nitrogens with one attached hydrogen (secondary N) is 3. The van der Waals surface area contributed by atoms with E-state index in [-0.39, 0.29) is 38.3 Å². The Labute approximate surface area is 289 Å². The largest absolute Gasteiger partial charge is 0.351 e. The summed E-state index contributed by atoms with van der Waals surface area (Å²) in [4.78, 5) is 40.1. The number of rotatable bonds is 16. The first kappa shape index (κ1) is 36.5. The van der Waals surface area contributed by atoms with Gasteiger partial charge in [-0.2, -0.15) is 30.4 Å². The molecule has 1 aromatic heterocycles. The normalized spacial score (nSPS) is 11.5. The van der Waals surface area contributed by atoms with E-state index in [2.05, 4.69) is 65.6 Å². The van der Waals surface area contributed by atoms with Gasteiger partial charge < -0.3 is 10.6 Å². The van der Waals surface area contributed by atoms with Crippen LogP contribution in [0.4, 0.5) is 46.0 Å². The Morgan fingerprint density at radius 2 is 1.02 bits per heavy atom. The van der Waals surface area contributed by atoms with Crippen molar-refractivity contribution in [2.45, 2.75) is 40.3 Å². The van der Waals surface area contributed by atoms with Crippen LogP contribution in [0, 0.1) is 13.8 Å². The number of benzene rings is 4. The summed E-state index contributed by atoms with van der Waals surface area (Å²) in [5.41, 5.74) is 6.64. The maximum Gasteiger partial charge on any atom is 0.351 e. The lowest BCUT2D eigenvalue weighted by Gasteiger charge is -2.10. The van der Waals surface area contributed by atoms with E-state index in [4.69, 9.17) is 21.0 Å². The predicted octanol–water partition coefficient (Wildman–Crippen LogP) is 8.06. The van der Waals surface area contributed by atoms with Gasteiger partial charge in [-0.15, -0.1) is 0 Å². The van der Waals surface area contributed by atoms with Crippen LogP contribution in [0.15, 0.2) is 98.0 Å². The van der Waals surface area contributed by atoms with E-state index >= 15 is 0 Å². The predicted molar refractivity (Wildman–Crippen MR) is 182 cm³/mol. The summed E-state index contributed by atoms with van der Waals surface area (Å²) in [7, 11) is 0. The highest BCUT2D eigenvalue weighted by Crippen LogP contribution is 2.29. The lowest BCUT2D eigenvalue weighted by atomic mass is 10.1. The van der Waals surface area contributed by atoms with Gasteiger partial charge in [0.25, 0.3) is 0 Å². The fourth-order valence-electron chi connectivity index (χ4n) is 4.91. The van der Waals surface area contributed by atoms with Crippen LogP contribution in [0.25, 0.3) is 0 Å². The lowest BCUT2D eigenvalue weighted by molar-refractivity contribution is -0.254. The van der Waals surface area contributed by atoms with Gasteiger partial charge in [0.15, 0.2) is 0 Å². The topological polar surface area (TPSA) is 250 Å². The minimum atomic E-state index is -0.626. The van der Waals surface area contributed by atoms with Gasteiger partial charge in [0.05, 0.1) is 22.7 Å². The maximum atomic E-state index is 12.4. The molecular formula is C33H33N9O9. The number of hydrogen-bond donors (Lipinski definition) is 7. The Morgan fingerprint density at radius 3 is 1.43 bits per heavy atom. The Kier molecular flexibility index (Phi) is 12.7. The van der Waals surface area contributed by atoms with Crippen LogP contribution in [-0.2, 0) is 46.0 Å². The van der Waals surface area contributed by atoms with Crippen molar-refractivity contribution in [3.63, 3.8) is 0 Å². The van der Waals surface area contributed by atoms with Crippen molar-refractivity contribution in [1.82, 2.24) is 15.0 Å². The highest BCUT2D eigenvalue weighted by Gasteiger charge is 2.09. The Balaban J connectivity index is 1.26. The quantitative estimate of drug-likeness (QED) is 0.0293. The number of aromatic nitrogens is 3. The van der Waals surface area contributed by atoms with Crippen molar-refractivity contribution in [1.29, 1.82) is 0 Å². The molecule has 264 valence electrons. The molecule has 0 radical (unpaired) electrons. The highest BCUT2D eigenvalue weighted by molar-refractivity contribution is 5.63. The molecule has 1 heterocycles. The molecule has 0 atom stereocenters. The second-order valence-electron chi connectivity index (χ2n) is 11.1. The fraction of sp³-hybridized carbons (Fsp3) is 0.182. The van der Waals surface area contributed by atoms with Crippen LogP contribution in [0.3, 0.4) is 0 Å². The third-order valence-corrected chi connectivity index (χ3v) is 7.11. The molecule has 7 N–H and O–H groups in total. The molecule has 0 fully saturated rings. The average Bonchev–Trinajstić information content (AvgIpc) is 3.08. The summed E-state index contributed by atoms with van der Waals surface area (Å²) in [6.45, 7) is 3.38. The molecule has 0 aliphatic heterocycles. The van der Waals surface area contributed by atoms with Crippen molar-refractivity contribution in [2.75, 3.05) is 10.6 Å². The molecule has 5 aromatic rings. The summed E-state index contributed by atoms with van der Waals surface area (Å²) >= 11 is 0. The zero-order valence-electron chi connectivity index (χ0n) is 27.3. The van der Waals surface area contributed by atoms with E-state index in [0.29, 0.717) is 56.4 Å². The van der Waals surface area contributed by atoms with Gasteiger partial charge >= 0.3 is 5.69 Å². The molecule has 18 nitrogen and oxygen atoms in total. The van der Waals surface area contributed by atoms with Crippen LogP contribution in [0.1, 0.15) is 33.4 Å². The molecule has 5 rings (SSSR count). The molecule has 0 amide bonds. The summed E-state index contributed by atoms with van der Waals surface area (Å²) in [5.74, 6) is 0.202. The number of aromatic amines is 1. The Hall–Kier alpha value is -5.83. The van der Waals surface area contributed by atoms with Crippen molar-refractivity contribution in [2.24, 2.45) is 20.5 Å². The van der Waals surface area contributed by atoms with Crippen LogP contribution in [0.5, 0.6) is 0 Å². The van der Waals surface area contributed by atoms with E-state index in [0.717, 1.165) is 11.1 Å². The maximum absolute atomic E-state index is 12.4. The summed E-state index contributed by atoms with van der Waals surface area (Å²) in [5, 5.41) is 58.5. The lowest BCUT2D eigenvalue weighted by Crippen LogP contribution is -2.16. The molecule has 0 saturated heterocycles. The first-order valence-corrected chi connectivity index (χ1v) is 15.1. The first-order chi connectivity index (χ1) is 24.7. The number of hydrogen-bond acceptors (Lipinski definition) is 17. The molecule has 0 aliphatic rings. The minimum Gasteiger partial charge on any atom is -0.326 e. The molecule has 0 spiro atoms. The molecule has 0 aliphatic carbocycles. The molecule has 0 unspecified atom stereocenters. The first-order valence-electron chi connectivity index (χ1n) is 15.1. The standard InChI is InChI=1S/C33H33N9O9/c1-19-7-25(3-5-29(19)41-39-27-11-21(15-48-44)9-22(12-27)16-49-45)34-31-36-32(38-33(43)37-31)35-26-4-6-30(20(2)8-26)42-40-28-13-23(17-50-46)10-24(14-28)18-51-47/h3-14,44-47H,15-18H2,1-2H3,(H3,34,35,36,37,38,43). The van der Waals surface area contributed by atoms with Crippen molar-refractivity contribution < 1.29 is 40.6 Å². The number of anilines is 4. The van der Waals surface area contributed by atoms with Gasteiger partial charge in [-0.05, 0) is 108 Å². The van der Waals surface area contributed by atoms with Gasteiger partial charge in [0.1, 0.15) is 26.4 Å². The molecule has 0 saturated carbocycles. The Morgan fingerprint density at radius 1 is 0.588 bits per heavy atom. The number of H-pyrrole nitrogens is 1. The van der Waals surface area contributed by atoms with Gasteiger partial charge in [-0.1, -0.05) is 12.1 Å². The van der Waals surface area contributed by atoms with Crippen LogP contribution in [-0.4, -0.2) is 36.0 Å². The summed E-state index contributed by atoms with van der Waals surface area (Å²) < 4.78 is 0. The van der Waals surface area contributed by atoms with Crippen LogP contribution < -0.4 is 16.3 Å². The van der Waals surface area contributed by atoms with E-state index in [1.54, 1.807) is 72.8 Å². The van der Waals surface area contributed by atoms with Crippen LogP contribution in [0.2, 0.25) is 0 Å². The third-order valence-electron chi connectivity index (χ3n) is 7.11. The summed E-state index contributed by atoms with van der Waals surface area (Å²) in [6.07, 6.45) is 0. The molecule has 4 aromatic carbocycles. The number of aryl methyl sites for hydroxylation is 2. The smallest absolute Gasteiger partial charge is 0.326 e. The molecule has 51 heavy (non-hydrogen) atoms. The number of azo groups is 2. The zero-order valence-corrected chi connectivity index (χ0v) is 27.3. The molecular weight excluding hydrogens is 666 g/mol. The van der Waals surface area contributed by atoms with Crippen molar-refractivity contribution in [3.05, 3.63) is 117 Å². The van der Waals surface area contributed by atoms with Gasteiger partial charge in [-0.3, -0.25) is 26.0 Å². The van der Waals surface area contributed by atoms with Crippen molar-refractivity contribution >= 4 is 46.0 Å². The monoisotopic (exact) mass is 699 g/mol. The number of nitrogens with zero attached hydrogens (tertiary/aromatic N) is 6. The second-order valence-corrected chi connectivity index (χ2v) is 11.1. The highest BCUT2D eigenvalue weighted by atomic mass is 17.1. The van der Waals surface area contributed by atoms with E-state index < -0.39 is 5.69 Å². The van der Waals surface area contributed by atoms with E-state index in [1.807, 2.05) is 13.8 Å². The molecule has 0 bridgehead atoms. The van der Waals surface area contributed by atoms with Gasteiger partial charge in [-0.25, -0.2) is 24.3 Å². The van der Waals surface area contributed by atoms with Crippen molar-refractivity contribution in [3.8, 4) is 0 Å². The van der Waals surface area contributed by atoms with E-state index in [9.17, 15) is 4.79 Å². The van der Waals surface area contributed by atoms with Crippen LogP contribution >= 0.6 is 0 Å². The van der Waals surface area contributed by atoms with E-state index in [1.165, 1.54) is 0 Å². The van der Waals surface area contributed by atoms with Gasteiger partial charge in [0, 0.05) is 11.4 Å².